The van der Waals surface area contributed by atoms with E-state index in [0.29, 0.717) is 0 Å². The monoisotopic (exact) mass is 205 g/mol. The third-order valence-corrected chi connectivity index (χ3v) is 3.35. The minimum atomic E-state index is 0.241. The van der Waals surface area contributed by atoms with E-state index in [1.165, 1.54) is 4.88 Å². The van der Waals surface area contributed by atoms with Gasteiger partial charge in [-0.15, -0.1) is 11.3 Å². The smallest absolute Gasteiger partial charge is 0.166 e. The zero-order valence-electron chi connectivity index (χ0n) is 7.88. The van der Waals surface area contributed by atoms with Crippen molar-refractivity contribution >= 4 is 17.6 Å². The number of thiophene rings is 1. The summed E-state index contributed by atoms with van der Waals surface area (Å²) in [4.78, 5) is 12.0. The van der Waals surface area contributed by atoms with Crippen molar-refractivity contribution in [2.24, 2.45) is 0 Å². The highest BCUT2D eigenvalue weighted by Crippen LogP contribution is 2.23. The molecule has 2 heterocycles. The largest absolute Gasteiger partial charge is 0.337 e. The summed E-state index contributed by atoms with van der Waals surface area (Å²) in [5.74, 6) is 0. The maximum atomic E-state index is 10.7. The number of carbonyl (C=O) groups is 1. The van der Waals surface area contributed by atoms with Gasteiger partial charge in [0.2, 0.25) is 0 Å². The van der Waals surface area contributed by atoms with Crippen LogP contribution in [0.1, 0.15) is 28.3 Å². The molecule has 0 saturated carbocycles. The van der Waals surface area contributed by atoms with E-state index >= 15 is 0 Å². The Bertz CT molecular complexity index is 416. The first kappa shape index (κ1) is 9.21. The second-order valence-corrected chi connectivity index (χ2v) is 4.13. The molecule has 0 fully saturated rings. The highest BCUT2D eigenvalue weighted by molar-refractivity contribution is 7.10. The summed E-state index contributed by atoms with van der Waals surface area (Å²) in [5.41, 5.74) is 0.728. The van der Waals surface area contributed by atoms with Gasteiger partial charge in [-0.3, -0.25) is 4.79 Å². The lowest BCUT2D eigenvalue weighted by molar-refractivity contribution is 0.111. The van der Waals surface area contributed by atoms with Gasteiger partial charge in [0.1, 0.15) is 0 Å². The predicted molar refractivity (Wildman–Crippen MR) is 58.0 cm³/mol. The van der Waals surface area contributed by atoms with E-state index in [0.717, 1.165) is 12.0 Å². The van der Waals surface area contributed by atoms with Crippen molar-refractivity contribution < 1.29 is 4.79 Å². The molecular weight excluding hydrogens is 194 g/mol. The first-order chi connectivity index (χ1) is 6.83. The highest BCUT2D eigenvalue weighted by Gasteiger charge is 2.10. The molecule has 2 rings (SSSR count). The van der Waals surface area contributed by atoms with E-state index in [2.05, 4.69) is 18.4 Å². The number of hydrogen-bond acceptors (Lipinski definition) is 2. The lowest BCUT2D eigenvalue weighted by atomic mass is 10.2. The Balaban J connectivity index is 2.36. The zero-order valence-corrected chi connectivity index (χ0v) is 8.70. The molecule has 0 amide bonds. The number of hydrogen-bond donors (Lipinski definition) is 0. The minimum Gasteiger partial charge on any atom is -0.337 e. The number of carbonyl (C=O) groups excluding carboxylic acids is 1. The molecule has 14 heavy (non-hydrogen) atoms. The fraction of sp³-hybridized carbons (Fsp3) is 0.182. The van der Waals surface area contributed by atoms with Gasteiger partial charge in [0, 0.05) is 11.1 Å². The van der Waals surface area contributed by atoms with Gasteiger partial charge < -0.3 is 4.57 Å². The fourth-order valence-corrected chi connectivity index (χ4v) is 2.31. The van der Waals surface area contributed by atoms with E-state index in [4.69, 9.17) is 0 Å². The number of aldehydes is 1. The summed E-state index contributed by atoms with van der Waals surface area (Å²) in [6.07, 6.45) is 2.83. The maximum Gasteiger partial charge on any atom is 0.166 e. The normalized spacial score (nSPS) is 12.6. The second-order valence-electron chi connectivity index (χ2n) is 3.15. The minimum absolute atomic E-state index is 0.241. The van der Waals surface area contributed by atoms with E-state index < -0.39 is 0 Å². The molecule has 3 heteroatoms. The lowest BCUT2D eigenvalue weighted by Gasteiger charge is -2.13. The third-order valence-electron chi connectivity index (χ3n) is 2.30. The molecule has 0 aromatic carbocycles. The summed E-state index contributed by atoms with van der Waals surface area (Å²) in [5, 5.41) is 2.05. The lowest BCUT2D eigenvalue weighted by Crippen LogP contribution is -2.06. The summed E-state index contributed by atoms with van der Waals surface area (Å²) < 4.78 is 1.98. The van der Waals surface area contributed by atoms with Crippen molar-refractivity contribution in [2.75, 3.05) is 0 Å². The van der Waals surface area contributed by atoms with E-state index in [1.54, 1.807) is 11.3 Å². The molecule has 1 atom stereocenters. The molecule has 0 spiro atoms. The number of rotatable bonds is 3. The van der Waals surface area contributed by atoms with Crippen LogP contribution in [0, 0.1) is 0 Å². The van der Waals surface area contributed by atoms with Gasteiger partial charge >= 0.3 is 0 Å². The predicted octanol–water partition coefficient (Wildman–Crippen LogP) is 2.97. The van der Waals surface area contributed by atoms with Gasteiger partial charge in [-0.25, -0.2) is 0 Å². The van der Waals surface area contributed by atoms with Crippen molar-refractivity contribution in [3.8, 4) is 0 Å². The molecule has 2 nitrogen and oxygen atoms in total. The molecule has 0 radical (unpaired) electrons. The molecule has 72 valence electrons. The van der Waals surface area contributed by atoms with E-state index in [1.807, 2.05) is 29.0 Å². The second kappa shape index (κ2) is 3.80. The molecule has 0 aliphatic heterocycles. The van der Waals surface area contributed by atoms with Crippen molar-refractivity contribution in [1.82, 2.24) is 4.57 Å². The molecule has 0 aliphatic carbocycles. The number of aromatic nitrogens is 1. The topological polar surface area (TPSA) is 22.0 Å². The van der Waals surface area contributed by atoms with E-state index in [9.17, 15) is 4.79 Å². The molecule has 0 aliphatic rings. The average Bonchev–Trinajstić information content (AvgIpc) is 2.87. The fourth-order valence-electron chi connectivity index (χ4n) is 1.53. The average molecular weight is 205 g/mol. The first-order valence-corrected chi connectivity index (χ1v) is 5.36. The Hall–Kier alpha value is -1.35. The molecule has 1 unspecified atom stereocenters. The molecule has 2 aromatic rings. The van der Waals surface area contributed by atoms with Crippen molar-refractivity contribution in [3.05, 3.63) is 46.4 Å². The third kappa shape index (κ3) is 1.51. The Morgan fingerprint density at radius 1 is 1.43 bits per heavy atom. The van der Waals surface area contributed by atoms with Crippen molar-refractivity contribution in [2.45, 2.75) is 13.0 Å². The quantitative estimate of drug-likeness (QED) is 0.706. The van der Waals surface area contributed by atoms with Crippen LogP contribution < -0.4 is 0 Å². The van der Waals surface area contributed by atoms with Crippen LogP contribution in [0.3, 0.4) is 0 Å². The van der Waals surface area contributed by atoms with Crippen LogP contribution in [0.25, 0.3) is 0 Å². The Morgan fingerprint density at radius 2 is 2.29 bits per heavy atom. The summed E-state index contributed by atoms with van der Waals surface area (Å²) in [7, 11) is 0. The molecule has 0 saturated heterocycles. The summed E-state index contributed by atoms with van der Waals surface area (Å²) in [6, 6.07) is 8.08. The van der Waals surface area contributed by atoms with Crippen LogP contribution in [0.4, 0.5) is 0 Å². The van der Waals surface area contributed by atoms with Gasteiger partial charge in [0.05, 0.1) is 11.7 Å². The Labute approximate surface area is 86.8 Å². The molecule has 0 N–H and O–H groups in total. The van der Waals surface area contributed by atoms with Gasteiger partial charge in [-0.05, 0) is 30.5 Å². The van der Waals surface area contributed by atoms with Gasteiger partial charge in [0.15, 0.2) is 6.29 Å². The zero-order chi connectivity index (χ0) is 9.97. The van der Waals surface area contributed by atoms with Crippen molar-refractivity contribution in [3.63, 3.8) is 0 Å². The standard InChI is InChI=1S/C11H11NOS/c1-9(11-5-3-7-14-11)12-6-2-4-10(12)8-13/h2-9H,1H3. The summed E-state index contributed by atoms with van der Waals surface area (Å²) in [6.45, 7) is 2.10. The van der Waals surface area contributed by atoms with Crippen molar-refractivity contribution in [1.29, 1.82) is 0 Å². The maximum absolute atomic E-state index is 10.7. The van der Waals surface area contributed by atoms with Gasteiger partial charge in [0.25, 0.3) is 0 Å². The van der Waals surface area contributed by atoms with Crippen LogP contribution in [0.5, 0.6) is 0 Å². The van der Waals surface area contributed by atoms with Gasteiger partial charge in [-0.2, -0.15) is 0 Å². The van der Waals surface area contributed by atoms with E-state index in [-0.39, 0.29) is 6.04 Å². The van der Waals surface area contributed by atoms with Crippen LogP contribution in [-0.4, -0.2) is 10.9 Å². The van der Waals surface area contributed by atoms with Crippen LogP contribution >= 0.6 is 11.3 Å². The highest BCUT2D eigenvalue weighted by atomic mass is 32.1. The molecule has 2 aromatic heterocycles. The van der Waals surface area contributed by atoms with Gasteiger partial charge in [-0.1, -0.05) is 6.07 Å². The summed E-state index contributed by atoms with van der Waals surface area (Å²) >= 11 is 1.71. The SMILES string of the molecule is CC(c1cccs1)n1cccc1C=O. The Morgan fingerprint density at radius 3 is 2.93 bits per heavy atom. The molecule has 0 bridgehead atoms. The first-order valence-electron chi connectivity index (χ1n) is 4.48. The van der Waals surface area contributed by atoms with Crippen LogP contribution in [0.2, 0.25) is 0 Å². The number of nitrogens with zero attached hydrogens (tertiary/aromatic N) is 1. The molecular formula is C11H11NOS. The Kier molecular flexibility index (Phi) is 2.50. The van der Waals surface area contributed by atoms with Crippen LogP contribution in [-0.2, 0) is 0 Å². The van der Waals surface area contributed by atoms with Crippen LogP contribution in [0.15, 0.2) is 35.8 Å².